The Morgan fingerprint density at radius 1 is 0.903 bits per heavy atom. The molecule has 0 saturated carbocycles. The summed E-state index contributed by atoms with van der Waals surface area (Å²) in [5.41, 5.74) is 2.73. The molecular weight excluding hydrogens is 388 g/mol. The van der Waals surface area contributed by atoms with Crippen LogP contribution in [-0.4, -0.2) is 32.0 Å². The van der Waals surface area contributed by atoms with Crippen LogP contribution < -0.4 is 15.0 Å². The van der Waals surface area contributed by atoms with Crippen molar-refractivity contribution >= 4 is 17.5 Å². The minimum atomic E-state index is -0.200. The van der Waals surface area contributed by atoms with Gasteiger partial charge in [0.15, 0.2) is 0 Å². The lowest BCUT2D eigenvalue weighted by molar-refractivity contribution is 0.0954. The van der Waals surface area contributed by atoms with Crippen molar-refractivity contribution in [3.63, 3.8) is 0 Å². The number of nitrogens with one attached hydrogen (secondary N) is 1. The second-order valence-electron chi connectivity index (χ2n) is 7.25. The van der Waals surface area contributed by atoms with Gasteiger partial charge in [-0.3, -0.25) is 9.59 Å². The molecule has 0 fully saturated rings. The van der Waals surface area contributed by atoms with Crippen LogP contribution >= 0.6 is 0 Å². The fourth-order valence-corrected chi connectivity index (χ4v) is 3.24. The van der Waals surface area contributed by atoms with Crippen LogP contribution in [0, 0.1) is 0 Å². The SMILES string of the molecule is CCCOc1ccc(C(=O)N(C)c2ccccc2C(=O)NCCc2ccccc2)cc1. The number of ether oxygens (including phenoxy) is 1. The molecule has 0 unspecified atom stereocenters. The number of carbonyl (C=O) groups excluding carboxylic acids is 2. The smallest absolute Gasteiger partial charge is 0.258 e. The number of carbonyl (C=O) groups is 2. The van der Waals surface area contributed by atoms with Gasteiger partial charge in [-0.1, -0.05) is 49.4 Å². The Balaban J connectivity index is 1.68. The van der Waals surface area contributed by atoms with E-state index in [0.717, 1.165) is 24.2 Å². The van der Waals surface area contributed by atoms with Crippen LogP contribution in [0.1, 0.15) is 39.6 Å². The minimum absolute atomic E-state index is 0.188. The summed E-state index contributed by atoms with van der Waals surface area (Å²) in [6, 6.07) is 24.2. The summed E-state index contributed by atoms with van der Waals surface area (Å²) in [5.74, 6) is 0.348. The van der Waals surface area contributed by atoms with Crippen molar-refractivity contribution in [2.75, 3.05) is 25.1 Å². The van der Waals surface area contributed by atoms with Gasteiger partial charge in [-0.25, -0.2) is 0 Å². The van der Waals surface area contributed by atoms with E-state index in [-0.39, 0.29) is 11.8 Å². The van der Waals surface area contributed by atoms with Gasteiger partial charge in [0.2, 0.25) is 0 Å². The van der Waals surface area contributed by atoms with E-state index in [4.69, 9.17) is 4.74 Å². The molecule has 31 heavy (non-hydrogen) atoms. The second kappa shape index (κ2) is 11.0. The number of amides is 2. The maximum Gasteiger partial charge on any atom is 0.258 e. The van der Waals surface area contributed by atoms with Gasteiger partial charge in [-0.05, 0) is 54.8 Å². The summed E-state index contributed by atoms with van der Waals surface area (Å²) in [4.78, 5) is 27.3. The summed E-state index contributed by atoms with van der Waals surface area (Å²) >= 11 is 0. The van der Waals surface area contributed by atoms with Crippen LogP contribution in [0.2, 0.25) is 0 Å². The van der Waals surface area contributed by atoms with Gasteiger partial charge in [0.1, 0.15) is 5.75 Å². The Labute approximate surface area is 183 Å². The van der Waals surface area contributed by atoms with Crippen molar-refractivity contribution < 1.29 is 14.3 Å². The molecule has 0 bridgehead atoms. The van der Waals surface area contributed by atoms with Crippen LogP contribution in [-0.2, 0) is 6.42 Å². The first-order valence-electron chi connectivity index (χ1n) is 10.5. The molecule has 0 atom stereocenters. The van der Waals surface area contributed by atoms with E-state index in [1.165, 1.54) is 4.90 Å². The van der Waals surface area contributed by atoms with Crippen LogP contribution in [0.4, 0.5) is 5.69 Å². The van der Waals surface area contributed by atoms with Crippen molar-refractivity contribution in [3.8, 4) is 5.75 Å². The van der Waals surface area contributed by atoms with Crippen molar-refractivity contribution in [3.05, 3.63) is 95.6 Å². The number of benzene rings is 3. The Bertz CT molecular complexity index is 1000. The molecule has 3 rings (SSSR count). The Hall–Kier alpha value is -3.60. The molecule has 3 aromatic carbocycles. The molecule has 1 N–H and O–H groups in total. The summed E-state index contributed by atoms with van der Waals surface area (Å²) in [5, 5.41) is 2.95. The lowest BCUT2D eigenvalue weighted by Crippen LogP contribution is -2.31. The van der Waals surface area contributed by atoms with Crippen molar-refractivity contribution in [2.45, 2.75) is 19.8 Å². The highest BCUT2D eigenvalue weighted by molar-refractivity contribution is 6.10. The molecule has 0 aromatic heterocycles. The van der Waals surface area contributed by atoms with Crippen LogP contribution in [0.3, 0.4) is 0 Å². The molecule has 0 aliphatic rings. The van der Waals surface area contributed by atoms with E-state index >= 15 is 0 Å². The fraction of sp³-hybridized carbons (Fsp3) is 0.231. The lowest BCUT2D eigenvalue weighted by Gasteiger charge is -2.20. The molecule has 3 aromatic rings. The number of para-hydroxylation sites is 1. The topological polar surface area (TPSA) is 58.6 Å². The molecule has 160 valence electrons. The first-order valence-corrected chi connectivity index (χ1v) is 10.5. The summed E-state index contributed by atoms with van der Waals surface area (Å²) in [6.07, 6.45) is 1.67. The monoisotopic (exact) mass is 416 g/mol. The van der Waals surface area contributed by atoms with Crippen LogP contribution in [0.5, 0.6) is 5.75 Å². The van der Waals surface area contributed by atoms with Gasteiger partial charge in [0.05, 0.1) is 17.9 Å². The van der Waals surface area contributed by atoms with E-state index in [1.54, 1.807) is 49.5 Å². The lowest BCUT2D eigenvalue weighted by atomic mass is 10.1. The van der Waals surface area contributed by atoms with Crippen LogP contribution in [0.15, 0.2) is 78.9 Å². The summed E-state index contributed by atoms with van der Waals surface area (Å²) in [6.45, 7) is 3.20. The molecule has 0 radical (unpaired) electrons. The third-order valence-electron chi connectivity index (χ3n) is 4.93. The standard InChI is InChI=1S/C26H28N2O3/c1-3-19-31-22-15-13-21(14-16-22)26(30)28(2)24-12-8-7-11-23(24)25(29)27-18-17-20-9-5-4-6-10-20/h4-16H,3,17-19H2,1-2H3,(H,27,29). The largest absolute Gasteiger partial charge is 0.494 e. The first-order chi connectivity index (χ1) is 15.1. The quantitative estimate of drug-likeness (QED) is 0.549. The molecule has 0 aliphatic heterocycles. The highest BCUT2D eigenvalue weighted by atomic mass is 16.5. The fourth-order valence-electron chi connectivity index (χ4n) is 3.24. The van der Waals surface area contributed by atoms with E-state index < -0.39 is 0 Å². The second-order valence-corrected chi connectivity index (χ2v) is 7.25. The van der Waals surface area contributed by atoms with E-state index in [9.17, 15) is 9.59 Å². The zero-order valence-electron chi connectivity index (χ0n) is 18.0. The third-order valence-corrected chi connectivity index (χ3v) is 4.93. The van der Waals surface area contributed by atoms with Gasteiger partial charge in [0.25, 0.3) is 11.8 Å². The average molecular weight is 417 g/mol. The Kier molecular flexibility index (Phi) is 7.82. The predicted molar refractivity (Wildman–Crippen MR) is 124 cm³/mol. The number of rotatable bonds is 9. The van der Waals surface area contributed by atoms with Gasteiger partial charge < -0.3 is 15.0 Å². The summed E-state index contributed by atoms with van der Waals surface area (Å²) in [7, 11) is 1.68. The summed E-state index contributed by atoms with van der Waals surface area (Å²) < 4.78 is 5.58. The zero-order valence-corrected chi connectivity index (χ0v) is 18.0. The number of anilines is 1. The number of nitrogens with zero attached hydrogens (tertiary/aromatic N) is 1. The Morgan fingerprint density at radius 2 is 1.58 bits per heavy atom. The molecule has 5 heteroatoms. The van der Waals surface area contributed by atoms with Crippen LogP contribution in [0.25, 0.3) is 0 Å². The highest BCUT2D eigenvalue weighted by Crippen LogP contribution is 2.22. The van der Waals surface area contributed by atoms with Gasteiger partial charge in [-0.15, -0.1) is 0 Å². The normalized spacial score (nSPS) is 10.4. The van der Waals surface area contributed by atoms with E-state index in [2.05, 4.69) is 5.32 Å². The number of hydrogen-bond donors (Lipinski definition) is 1. The van der Waals surface area contributed by atoms with Gasteiger partial charge in [-0.2, -0.15) is 0 Å². The molecule has 5 nitrogen and oxygen atoms in total. The first kappa shape index (κ1) is 22.1. The molecule has 2 amide bonds. The van der Waals surface area contributed by atoms with Crippen molar-refractivity contribution in [1.29, 1.82) is 0 Å². The molecule has 0 heterocycles. The number of hydrogen-bond acceptors (Lipinski definition) is 3. The molecular formula is C26H28N2O3. The maximum absolute atomic E-state index is 13.0. The molecule has 0 spiro atoms. The van der Waals surface area contributed by atoms with Crippen molar-refractivity contribution in [2.24, 2.45) is 0 Å². The average Bonchev–Trinajstić information content (AvgIpc) is 2.82. The predicted octanol–water partition coefficient (Wildman–Crippen LogP) is 4.72. The van der Waals surface area contributed by atoms with Gasteiger partial charge in [0, 0.05) is 19.2 Å². The molecule has 0 saturated heterocycles. The van der Waals surface area contributed by atoms with Gasteiger partial charge >= 0.3 is 0 Å². The third kappa shape index (κ3) is 5.95. The maximum atomic E-state index is 13.0. The van der Waals surface area contributed by atoms with Crippen molar-refractivity contribution in [1.82, 2.24) is 5.32 Å². The minimum Gasteiger partial charge on any atom is -0.494 e. The molecule has 0 aliphatic carbocycles. The Morgan fingerprint density at radius 3 is 2.29 bits per heavy atom. The highest BCUT2D eigenvalue weighted by Gasteiger charge is 2.19. The van der Waals surface area contributed by atoms with E-state index in [0.29, 0.717) is 30.0 Å². The zero-order chi connectivity index (χ0) is 22.1. The van der Waals surface area contributed by atoms with E-state index in [1.807, 2.05) is 43.3 Å².